The van der Waals surface area contributed by atoms with Crippen LogP contribution in [0.4, 0.5) is 17.2 Å². The summed E-state index contributed by atoms with van der Waals surface area (Å²) >= 11 is 0. The van der Waals surface area contributed by atoms with Gasteiger partial charge < -0.3 is 10.6 Å². The van der Waals surface area contributed by atoms with Gasteiger partial charge in [-0.05, 0) is 75.6 Å². The van der Waals surface area contributed by atoms with Crippen molar-refractivity contribution in [2.24, 2.45) is 5.92 Å². The predicted molar refractivity (Wildman–Crippen MR) is 109 cm³/mol. The average Bonchev–Trinajstić information content (AvgIpc) is 2.90. The lowest BCUT2D eigenvalue weighted by Crippen LogP contribution is -2.27. The molecule has 1 saturated carbocycles. The second-order valence-electron chi connectivity index (χ2n) is 7.30. The van der Waals surface area contributed by atoms with Crippen molar-refractivity contribution < 1.29 is 4.79 Å². The van der Waals surface area contributed by atoms with Gasteiger partial charge in [0.05, 0.1) is 5.69 Å². The fourth-order valence-corrected chi connectivity index (χ4v) is 3.15. The Labute approximate surface area is 164 Å². The molecule has 2 N–H and O–H groups in total. The highest BCUT2D eigenvalue weighted by atomic mass is 16.1. The molecule has 0 atom stereocenters. The highest BCUT2D eigenvalue weighted by Crippen LogP contribution is 2.28. The summed E-state index contributed by atoms with van der Waals surface area (Å²) in [6, 6.07) is 11.4. The number of hydrogen-bond donors (Lipinski definition) is 2. The highest BCUT2D eigenvalue weighted by molar-refractivity contribution is 5.93. The lowest BCUT2D eigenvalue weighted by molar-refractivity contribution is -0.122. The van der Waals surface area contributed by atoms with Crippen LogP contribution in [-0.2, 0) is 4.79 Å². The minimum Gasteiger partial charge on any atom is -0.339 e. The summed E-state index contributed by atoms with van der Waals surface area (Å²) in [6.07, 6.45) is 3.15. The number of hydrogen-bond acceptors (Lipinski definition) is 5. The molecule has 0 radical (unpaired) electrons. The molecule has 1 aliphatic rings. The smallest absolute Gasteiger partial charge is 0.227 e. The van der Waals surface area contributed by atoms with Gasteiger partial charge >= 0.3 is 0 Å². The quantitative estimate of drug-likeness (QED) is 0.701. The van der Waals surface area contributed by atoms with E-state index < -0.39 is 0 Å². The summed E-state index contributed by atoms with van der Waals surface area (Å²) in [4.78, 5) is 12.0. The first kappa shape index (κ1) is 18.2. The number of rotatable bonds is 5. The monoisotopic (exact) mass is 376 g/mol. The van der Waals surface area contributed by atoms with Gasteiger partial charge in [0, 0.05) is 23.0 Å². The van der Waals surface area contributed by atoms with Gasteiger partial charge in [0.1, 0.15) is 0 Å². The van der Waals surface area contributed by atoms with E-state index in [4.69, 9.17) is 0 Å². The van der Waals surface area contributed by atoms with Crippen LogP contribution in [-0.4, -0.2) is 25.9 Å². The normalized spacial score (nSPS) is 13.8. The van der Waals surface area contributed by atoms with Crippen molar-refractivity contribution in [3.8, 4) is 5.82 Å². The molecule has 7 heteroatoms. The second-order valence-corrected chi connectivity index (χ2v) is 7.30. The lowest BCUT2D eigenvalue weighted by atomic mass is 9.85. The molecule has 7 nitrogen and oxygen atoms in total. The zero-order chi connectivity index (χ0) is 19.7. The summed E-state index contributed by atoms with van der Waals surface area (Å²) in [6.45, 7) is 6.06. The summed E-state index contributed by atoms with van der Waals surface area (Å²) in [7, 11) is 0. The zero-order valence-electron chi connectivity index (χ0n) is 16.4. The van der Waals surface area contributed by atoms with E-state index >= 15 is 0 Å². The number of carbonyl (C=O) groups is 1. The van der Waals surface area contributed by atoms with Crippen LogP contribution in [0.3, 0.4) is 0 Å². The van der Waals surface area contributed by atoms with Gasteiger partial charge in [-0.25, -0.2) is 4.68 Å². The first-order valence-corrected chi connectivity index (χ1v) is 9.56. The van der Waals surface area contributed by atoms with E-state index in [1.807, 2.05) is 50.2 Å². The number of aromatic nitrogens is 4. The van der Waals surface area contributed by atoms with Gasteiger partial charge in [-0.3, -0.25) is 4.79 Å². The summed E-state index contributed by atoms with van der Waals surface area (Å²) in [5, 5.41) is 19.2. The SMILES string of the molecule is Cc1nn(-c2ccc(Nc3ccc(NC(=O)C4CCC4)cc3)nn2)c(C)c1C. The number of benzene rings is 1. The van der Waals surface area contributed by atoms with E-state index in [1.165, 1.54) is 0 Å². The van der Waals surface area contributed by atoms with Gasteiger partial charge in [-0.2, -0.15) is 5.10 Å². The van der Waals surface area contributed by atoms with E-state index in [2.05, 4.69) is 32.9 Å². The standard InChI is InChI=1S/C21H24N6O/c1-13-14(2)26-27(15(13)3)20-12-11-19(24-25-20)22-17-7-9-18(10-8-17)23-21(28)16-5-4-6-16/h7-12,16H,4-6H2,1-3H3,(H,22,24)(H,23,28). The van der Waals surface area contributed by atoms with Crippen LogP contribution >= 0.6 is 0 Å². The maximum atomic E-state index is 12.0. The highest BCUT2D eigenvalue weighted by Gasteiger charge is 2.25. The van der Waals surface area contributed by atoms with Crippen molar-refractivity contribution in [3.63, 3.8) is 0 Å². The lowest BCUT2D eigenvalue weighted by Gasteiger charge is -2.24. The molecule has 0 aliphatic heterocycles. The molecule has 144 valence electrons. The zero-order valence-corrected chi connectivity index (χ0v) is 16.4. The van der Waals surface area contributed by atoms with Crippen molar-refractivity contribution in [2.75, 3.05) is 10.6 Å². The minimum absolute atomic E-state index is 0.118. The van der Waals surface area contributed by atoms with Gasteiger partial charge in [0.15, 0.2) is 11.6 Å². The fourth-order valence-electron chi connectivity index (χ4n) is 3.15. The van der Waals surface area contributed by atoms with E-state index in [-0.39, 0.29) is 11.8 Å². The number of nitrogens with zero attached hydrogens (tertiary/aromatic N) is 4. The van der Waals surface area contributed by atoms with Crippen molar-refractivity contribution in [1.82, 2.24) is 20.0 Å². The molecule has 0 spiro atoms. The number of carbonyl (C=O) groups excluding carboxylic acids is 1. The first-order chi connectivity index (χ1) is 13.5. The van der Waals surface area contributed by atoms with Gasteiger partial charge in [0.2, 0.25) is 5.91 Å². The molecular weight excluding hydrogens is 352 g/mol. The van der Waals surface area contributed by atoms with E-state index in [1.54, 1.807) is 4.68 Å². The van der Waals surface area contributed by atoms with Crippen molar-refractivity contribution in [2.45, 2.75) is 40.0 Å². The Balaban J connectivity index is 1.41. The van der Waals surface area contributed by atoms with Gasteiger partial charge in [-0.15, -0.1) is 10.2 Å². The molecule has 0 bridgehead atoms. The summed E-state index contributed by atoms with van der Waals surface area (Å²) in [5.74, 6) is 1.63. The predicted octanol–water partition coefficient (Wildman–Crippen LogP) is 4.07. The molecule has 1 amide bonds. The van der Waals surface area contributed by atoms with E-state index in [0.29, 0.717) is 11.6 Å². The van der Waals surface area contributed by atoms with Crippen LogP contribution in [0.1, 0.15) is 36.2 Å². The molecule has 4 rings (SSSR count). The molecule has 1 fully saturated rings. The van der Waals surface area contributed by atoms with Crippen LogP contribution in [0.2, 0.25) is 0 Å². The maximum Gasteiger partial charge on any atom is 0.227 e. The molecule has 2 heterocycles. The first-order valence-electron chi connectivity index (χ1n) is 9.56. The molecule has 28 heavy (non-hydrogen) atoms. The van der Waals surface area contributed by atoms with Gasteiger partial charge in [-0.1, -0.05) is 6.42 Å². The molecule has 1 aliphatic carbocycles. The second kappa shape index (κ2) is 7.42. The Kier molecular flexibility index (Phi) is 4.81. The number of amides is 1. The van der Waals surface area contributed by atoms with Crippen molar-refractivity contribution >= 4 is 23.1 Å². The number of anilines is 3. The Morgan fingerprint density at radius 2 is 1.71 bits per heavy atom. The van der Waals surface area contributed by atoms with Crippen LogP contribution in [0.15, 0.2) is 36.4 Å². The Morgan fingerprint density at radius 3 is 2.25 bits per heavy atom. The molecule has 0 saturated heterocycles. The third-order valence-corrected chi connectivity index (χ3v) is 5.42. The third-order valence-electron chi connectivity index (χ3n) is 5.42. The molecule has 2 aromatic heterocycles. The summed E-state index contributed by atoms with van der Waals surface area (Å²) < 4.78 is 1.81. The fraction of sp³-hybridized carbons (Fsp3) is 0.333. The Bertz CT molecular complexity index is 987. The number of nitrogens with one attached hydrogen (secondary N) is 2. The third kappa shape index (κ3) is 3.60. The average molecular weight is 376 g/mol. The van der Waals surface area contributed by atoms with Crippen LogP contribution in [0.5, 0.6) is 0 Å². The molecular formula is C21H24N6O. The van der Waals surface area contributed by atoms with Crippen LogP contribution in [0.25, 0.3) is 5.82 Å². The summed E-state index contributed by atoms with van der Waals surface area (Å²) in [5.41, 5.74) is 4.90. The Hall–Kier alpha value is -3.22. The Morgan fingerprint density at radius 1 is 1.00 bits per heavy atom. The van der Waals surface area contributed by atoms with Crippen LogP contribution in [0, 0.1) is 26.7 Å². The van der Waals surface area contributed by atoms with E-state index in [0.717, 1.165) is 47.6 Å². The molecule has 0 unspecified atom stereocenters. The van der Waals surface area contributed by atoms with Crippen LogP contribution < -0.4 is 10.6 Å². The number of aryl methyl sites for hydroxylation is 1. The molecule has 3 aromatic rings. The van der Waals surface area contributed by atoms with Crippen molar-refractivity contribution in [1.29, 1.82) is 0 Å². The van der Waals surface area contributed by atoms with E-state index in [9.17, 15) is 4.79 Å². The topological polar surface area (TPSA) is 84.7 Å². The molecule has 1 aromatic carbocycles. The van der Waals surface area contributed by atoms with Gasteiger partial charge in [0.25, 0.3) is 0 Å². The largest absolute Gasteiger partial charge is 0.339 e. The maximum absolute atomic E-state index is 12.0. The minimum atomic E-state index is 0.118. The van der Waals surface area contributed by atoms with Crippen molar-refractivity contribution in [3.05, 3.63) is 53.3 Å².